The van der Waals surface area contributed by atoms with E-state index in [0.29, 0.717) is 33.7 Å². The zero-order chi connectivity index (χ0) is 13.1. The lowest BCUT2D eigenvalue weighted by Gasteiger charge is -1.97. The molecule has 1 unspecified atom stereocenters. The van der Waals surface area contributed by atoms with Crippen LogP contribution < -0.4 is 0 Å². The second kappa shape index (κ2) is 5.38. The molecule has 1 heterocycles. The van der Waals surface area contributed by atoms with Gasteiger partial charge in [-0.15, -0.1) is 0 Å². The van der Waals surface area contributed by atoms with Gasteiger partial charge in [0.25, 0.3) is 0 Å². The highest BCUT2D eigenvalue weighted by molar-refractivity contribution is 6.35. The van der Waals surface area contributed by atoms with Crippen LogP contribution in [-0.2, 0) is 6.42 Å². The first-order valence-corrected chi connectivity index (χ1v) is 6.02. The van der Waals surface area contributed by atoms with Crippen molar-refractivity contribution in [2.75, 3.05) is 0 Å². The van der Waals surface area contributed by atoms with Crippen LogP contribution in [0.3, 0.4) is 0 Å². The third-order valence-electron chi connectivity index (χ3n) is 2.29. The third kappa shape index (κ3) is 3.00. The van der Waals surface area contributed by atoms with Crippen LogP contribution in [0.5, 0.6) is 0 Å². The van der Waals surface area contributed by atoms with Gasteiger partial charge in [0.2, 0.25) is 11.7 Å². The molecule has 0 saturated heterocycles. The summed E-state index contributed by atoms with van der Waals surface area (Å²) in [6.07, 6.45) is 0.428. The second-order valence-electron chi connectivity index (χ2n) is 3.90. The van der Waals surface area contributed by atoms with Crippen molar-refractivity contribution in [2.24, 2.45) is 5.92 Å². The third-order valence-corrected chi connectivity index (χ3v) is 2.73. The van der Waals surface area contributed by atoms with Gasteiger partial charge in [-0.1, -0.05) is 28.4 Å². The van der Waals surface area contributed by atoms with Crippen LogP contribution in [0.4, 0.5) is 0 Å². The quantitative estimate of drug-likeness (QED) is 0.860. The Morgan fingerprint density at radius 2 is 2.00 bits per heavy atom. The lowest BCUT2D eigenvalue weighted by molar-refractivity contribution is 0.369. The summed E-state index contributed by atoms with van der Waals surface area (Å²) in [6, 6.07) is 7.15. The van der Waals surface area contributed by atoms with Crippen LogP contribution in [0.25, 0.3) is 11.4 Å². The zero-order valence-corrected chi connectivity index (χ0v) is 11.0. The molecular formula is C12H9Cl2N3O. The number of rotatable bonds is 3. The minimum absolute atomic E-state index is 0.166. The van der Waals surface area contributed by atoms with Gasteiger partial charge in [-0.2, -0.15) is 10.2 Å². The molecule has 1 atom stereocenters. The van der Waals surface area contributed by atoms with Crippen molar-refractivity contribution in [1.29, 1.82) is 5.26 Å². The van der Waals surface area contributed by atoms with Crippen molar-refractivity contribution in [3.63, 3.8) is 0 Å². The molecule has 0 aliphatic rings. The summed E-state index contributed by atoms with van der Waals surface area (Å²) in [5, 5.41) is 13.6. The fourth-order valence-corrected chi connectivity index (χ4v) is 1.97. The zero-order valence-electron chi connectivity index (χ0n) is 9.52. The molecule has 0 amide bonds. The van der Waals surface area contributed by atoms with E-state index in [0.717, 1.165) is 0 Å². The largest absolute Gasteiger partial charge is 0.339 e. The first kappa shape index (κ1) is 12.9. The number of hydrogen-bond donors (Lipinski definition) is 0. The lowest BCUT2D eigenvalue weighted by Crippen LogP contribution is -1.96. The van der Waals surface area contributed by atoms with E-state index in [2.05, 4.69) is 16.2 Å². The molecule has 0 aliphatic heterocycles. The minimum atomic E-state index is -0.166. The van der Waals surface area contributed by atoms with Gasteiger partial charge in [-0.05, 0) is 25.1 Å². The number of nitriles is 1. The van der Waals surface area contributed by atoms with E-state index in [9.17, 15) is 0 Å². The predicted octanol–water partition coefficient (Wildman–Crippen LogP) is 3.75. The predicted molar refractivity (Wildman–Crippen MR) is 68.2 cm³/mol. The van der Waals surface area contributed by atoms with Crippen molar-refractivity contribution in [3.05, 3.63) is 34.1 Å². The van der Waals surface area contributed by atoms with E-state index in [1.165, 1.54) is 0 Å². The normalized spacial score (nSPS) is 12.1. The van der Waals surface area contributed by atoms with Crippen LogP contribution in [0.2, 0.25) is 10.0 Å². The maximum Gasteiger partial charge on any atom is 0.228 e. The molecule has 1 aromatic heterocycles. The van der Waals surface area contributed by atoms with Gasteiger partial charge in [0, 0.05) is 22.0 Å². The van der Waals surface area contributed by atoms with Crippen molar-refractivity contribution < 1.29 is 4.52 Å². The Labute approximate surface area is 114 Å². The molecule has 0 aliphatic carbocycles. The van der Waals surface area contributed by atoms with Gasteiger partial charge < -0.3 is 4.52 Å². The van der Waals surface area contributed by atoms with E-state index < -0.39 is 0 Å². The lowest BCUT2D eigenvalue weighted by atomic mass is 10.1. The molecule has 18 heavy (non-hydrogen) atoms. The molecule has 4 nitrogen and oxygen atoms in total. The van der Waals surface area contributed by atoms with Crippen molar-refractivity contribution in [2.45, 2.75) is 13.3 Å². The van der Waals surface area contributed by atoms with Gasteiger partial charge >= 0.3 is 0 Å². The van der Waals surface area contributed by atoms with Crippen LogP contribution >= 0.6 is 23.2 Å². The molecule has 0 spiro atoms. The Morgan fingerprint density at radius 1 is 1.33 bits per heavy atom. The number of aromatic nitrogens is 2. The highest BCUT2D eigenvalue weighted by atomic mass is 35.5. The molecular weight excluding hydrogens is 273 g/mol. The van der Waals surface area contributed by atoms with Gasteiger partial charge in [-0.25, -0.2) is 0 Å². The van der Waals surface area contributed by atoms with Gasteiger partial charge in [0.1, 0.15) is 0 Å². The summed E-state index contributed by atoms with van der Waals surface area (Å²) in [5.74, 6) is 0.677. The number of benzene rings is 1. The van der Waals surface area contributed by atoms with Crippen molar-refractivity contribution in [3.8, 4) is 17.5 Å². The fourth-order valence-electron chi connectivity index (χ4n) is 1.45. The maximum absolute atomic E-state index is 8.72. The standard InChI is InChI=1S/C12H9Cl2N3O/c1-7(6-15)2-11-16-12(17-18-11)8-3-9(13)5-10(14)4-8/h3-5,7H,2H2,1H3. The maximum atomic E-state index is 8.72. The molecule has 92 valence electrons. The summed E-state index contributed by atoms with van der Waals surface area (Å²) in [7, 11) is 0. The second-order valence-corrected chi connectivity index (χ2v) is 4.78. The minimum Gasteiger partial charge on any atom is -0.339 e. The average molecular weight is 282 g/mol. The van der Waals surface area contributed by atoms with E-state index in [-0.39, 0.29) is 5.92 Å². The Balaban J connectivity index is 2.27. The number of nitrogens with zero attached hydrogens (tertiary/aromatic N) is 3. The summed E-state index contributed by atoms with van der Waals surface area (Å²) in [5.41, 5.74) is 0.687. The Bertz CT molecular complexity index is 583. The van der Waals surface area contributed by atoms with Crippen LogP contribution in [-0.4, -0.2) is 10.1 Å². The molecule has 0 bridgehead atoms. The molecule has 0 N–H and O–H groups in total. The van der Waals surface area contributed by atoms with Crippen LogP contribution in [0.15, 0.2) is 22.7 Å². The first-order chi connectivity index (χ1) is 8.58. The molecule has 0 radical (unpaired) electrons. The summed E-state index contributed by atoms with van der Waals surface area (Å²) < 4.78 is 5.07. The molecule has 2 rings (SSSR count). The summed E-state index contributed by atoms with van der Waals surface area (Å²) >= 11 is 11.8. The van der Waals surface area contributed by atoms with Crippen LogP contribution in [0, 0.1) is 17.2 Å². The fraction of sp³-hybridized carbons (Fsp3) is 0.250. The van der Waals surface area contributed by atoms with Gasteiger partial charge in [0.05, 0.1) is 12.0 Å². The highest BCUT2D eigenvalue weighted by Crippen LogP contribution is 2.25. The summed E-state index contributed by atoms with van der Waals surface area (Å²) in [4.78, 5) is 4.20. The van der Waals surface area contributed by atoms with E-state index in [1.54, 1.807) is 25.1 Å². The highest BCUT2D eigenvalue weighted by Gasteiger charge is 2.12. The van der Waals surface area contributed by atoms with Gasteiger partial charge in [0.15, 0.2) is 0 Å². The van der Waals surface area contributed by atoms with E-state index >= 15 is 0 Å². The Kier molecular flexibility index (Phi) is 3.85. The Morgan fingerprint density at radius 3 is 2.61 bits per heavy atom. The van der Waals surface area contributed by atoms with Gasteiger partial charge in [-0.3, -0.25) is 0 Å². The number of hydrogen-bond acceptors (Lipinski definition) is 4. The molecule has 0 fully saturated rings. The SMILES string of the molecule is CC(C#N)Cc1nc(-c2cc(Cl)cc(Cl)c2)no1. The molecule has 0 saturated carbocycles. The Hall–Kier alpha value is -1.57. The molecule has 2 aromatic rings. The van der Waals surface area contributed by atoms with Crippen molar-refractivity contribution >= 4 is 23.2 Å². The molecule has 6 heteroatoms. The topological polar surface area (TPSA) is 62.7 Å². The average Bonchev–Trinajstić information content (AvgIpc) is 2.76. The van der Waals surface area contributed by atoms with Crippen molar-refractivity contribution in [1.82, 2.24) is 10.1 Å². The molecule has 1 aromatic carbocycles. The van der Waals surface area contributed by atoms with E-state index in [1.807, 2.05) is 0 Å². The number of halogens is 2. The van der Waals surface area contributed by atoms with E-state index in [4.69, 9.17) is 33.0 Å². The summed E-state index contributed by atoms with van der Waals surface area (Å²) in [6.45, 7) is 1.79. The monoisotopic (exact) mass is 281 g/mol. The smallest absolute Gasteiger partial charge is 0.228 e. The van der Waals surface area contributed by atoms with Crippen LogP contribution in [0.1, 0.15) is 12.8 Å². The first-order valence-electron chi connectivity index (χ1n) is 5.27.